The normalized spacial score (nSPS) is 11.4. The topological polar surface area (TPSA) is 33.5 Å². The third kappa shape index (κ3) is 2.84. The molecular formula is C14H12F3NO2. The van der Waals surface area contributed by atoms with Crippen molar-refractivity contribution in [1.82, 2.24) is 0 Å². The van der Waals surface area contributed by atoms with Crippen molar-refractivity contribution in [2.45, 2.75) is 13.1 Å². The summed E-state index contributed by atoms with van der Waals surface area (Å²) in [5.41, 5.74) is -0.357. The van der Waals surface area contributed by atoms with Gasteiger partial charge in [-0.3, -0.25) is 4.79 Å². The van der Waals surface area contributed by atoms with Crippen molar-refractivity contribution in [2.24, 2.45) is 0 Å². The predicted molar refractivity (Wildman–Crippen MR) is 67.5 cm³/mol. The molecule has 0 unspecified atom stereocenters. The van der Waals surface area contributed by atoms with Crippen LogP contribution >= 0.6 is 0 Å². The van der Waals surface area contributed by atoms with Crippen LogP contribution in [-0.2, 0) is 6.18 Å². The molecule has 0 radical (unpaired) electrons. The van der Waals surface area contributed by atoms with E-state index in [0.29, 0.717) is 12.2 Å². The maximum absolute atomic E-state index is 12.5. The Morgan fingerprint density at radius 2 is 1.85 bits per heavy atom. The Balaban J connectivity index is 2.26. The van der Waals surface area contributed by atoms with E-state index >= 15 is 0 Å². The summed E-state index contributed by atoms with van der Waals surface area (Å²) in [6.45, 7) is 2.06. The van der Waals surface area contributed by atoms with Gasteiger partial charge in [0.2, 0.25) is 0 Å². The molecule has 0 bridgehead atoms. The molecule has 2 rings (SSSR count). The second-order valence-electron chi connectivity index (χ2n) is 4.07. The van der Waals surface area contributed by atoms with Gasteiger partial charge in [0.05, 0.1) is 11.8 Å². The van der Waals surface area contributed by atoms with Gasteiger partial charge in [-0.2, -0.15) is 13.2 Å². The van der Waals surface area contributed by atoms with Gasteiger partial charge < -0.3 is 9.32 Å². The molecule has 3 nitrogen and oxygen atoms in total. The monoisotopic (exact) mass is 283 g/mol. The van der Waals surface area contributed by atoms with Crippen LogP contribution in [-0.4, -0.2) is 12.5 Å². The number of anilines is 1. The van der Waals surface area contributed by atoms with E-state index in [1.165, 1.54) is 29.4 Å². The molecule has 20 heavy (non-hydrogen) atoms. The molecule has 0 saturated heterocycles. The standard InChI is InChI=1S/C14H12F3NO2/c1-2-18(13(19)12-4-3-9-20-12)11-7-5-10(6-8-11)14(15,16)17/h3-9H,2H2,1H3. The van der Waals surface area contributed by atoms with Gasteiger partial charge >= 0.3 is 6.18 Å². The van der Waals surface area contributed by atoms with Gasteiger partial charge in [0.1, 0.15) is 0 Å². The van der Waals surface area contributed by atoms with Crippen molar-refractivity contribution < 1.29 is 22.4 Å². The molecule has 0 fully saturated rings. The van der Waals surface area contributed by atoms with Gasteiger partial charge in [-0.05, 0) is 43.3 Å². The van der Waals surface area contributed by atoms with E-state index in [4.69, 9.17) is 4.42 Å². The molecule has 0 saturated carbocycles. The van der Waals surface area contributed by atoms with E-state index in [9.17, 15) is 18.0 Å². The summed E-state index contributed by atoms with van der Waals surface area (Å²) in [5, 5.41) is 0. The lowest BCUT2D eigenvalue weighted by Crippen LogP contribution is -2.30. The Morgan fingerprint density at radius 3 is 2.30 bits per heavy atom. The number of hydrogen-bond acceptors (Lipinski definition) is 2. The number of amides is 1. The maximum atomic E-state index is 12.5. The van der Waals surface area contributed by atoms with Gasteiger partial charge in [-0.1, -0.05) is 0 Å². The van der Waals surface area contributed by atoms with Crippen LogP contribution in [0.3, 0.4) is 0 Å². The number of nitrogens with zero attached hydrogens (tertiary/aromatic N) is 1. The third-order valence-electron chi connectivity index (χ3n) is 2.80. The first-order valence-electron chi connectivity index (χ1n) is 5.96. The summed E-state index contributed by atoms with van der Waals surface area (Å²) in [6, 6.07) is 7.53. The summed E-state index contributed by atoms with van der Waals surface area (Å²) in [7, 11) is 0. The Bertz CT molecular complexity index is 573. The lowest BCUT2D eigenvalue weighted by molar-refractivity contribution is -0.137. The Morgan fingerprint density at radius 1 is 1.20 bits per heavy atom. The minimum absolute atomic E-state index is 0.145. The quantitative estimate of drug-likeness (QED) is 0.854. The molecule has 1 aromatic carbocycles. The van der Waals surface area contributed by atoms with Crippen molar-refractivity contribution in [1.29, 1.82) is 0 Å². The molecule has 2 aromatic rings. The lowest BCUT2D eigenvalue weighted by atomic mass is 10.2. The third-order valence-corrected chi connectivity index (χ3v) is 2.80. The molecule has 1 heterocycles. The molecule has 6 heteroatoms. The van der Waals surface area contributed by atoms with Crippen molar-refractivity contribution in [3.05, 3.63) is 54.0 Å². The average Bonchev–Trinajstić information content (AvgIpc) is 2.93. The second-order valence-corrected chi connectivity index (χ2v) is 4.07. The number of alkyl halides is 3. The first kappa shape index (κ1) is 14.2. The van der Waals surface area contributed by atoms with Crippen molar-refractivity contribution in [3.63, 3.8) is 0 Å². The predicted octanol–water partition coefficient (Wildman–Crippen LogP) is 3.97. The number of halogens is 3. The van der Waals surface area contributed by atoms with E-state index < -0.39 is 17.6 Å². The smallest absolute Gasteiger partial charge is 0.416 e. The van der Waals surface area contributed by atoms with Crippen molar-refractivity contribution in [3.8, 4) is 0 Å². The fraction of sp³-hybridized carbons (Fsp3) is 0.214. The number of furan rings is 1. The summed E-state index contributed by atoms with van der Waals surface area (Å²) in [5.74, 6) is -0.246. The number of carbonyl (C=O) groups is 1. The lowest BCUT2D eigenvalue weighted by Gasteiger charge is -2.20. The molecule has 0 atom stereocenters. The number of hydrogen-bond donors (Lipinski definition) is 0. The number of carbonyl (C=O) groups excluding carboxylic acids is 1. The summed E-state index contributed by atoms with van der Waals surface area (Å²) < 4.78 is 42.5. The molecule has 0 N–H and O–H groups in total. The highest BCUT2D eigenvalue weighted by atomic mass is 19.4. The SMILES string of the molecule is CCN(C(=O)c1ccco1)c1ccc(C(F)(F)F)cc1. The Labute approximate surface area is 113 Å². The minimum atomic E-state index is -4.39. The fourth-order valence-corrected chi connectivity index (χ4v) is 1.81. The first-order valence-corrected chi connectivity index (χ1v) is 5.96. The van der Waals surface area contributed by atoms with Gasteiger partial charge in [-0.25, -0.2) is 0 Å². The van der Waals surface area contributed by atoms with E-state index in [0.717, 1.165) is 12.1 Å². The van der Waals surface area contributed by atoms with E-state index in [1.807, 2.05) is 0 Å². The van der Waals surface area contributed by atoms with Crippen LogP contribution in [0.2, 0.25) is 0 Å². The summed E-state index contributed by atoms with van der Waals surface area (Å²) in [6.07, 6.45) is -3.02. The molecule has 0 aliphatic carbocycles. The van der Waals surface area contributed by atoms with Gasteiger partial charge in [0.15, 0.2) is 5.76 Å². The van der Waals surface area contributed by atoms with Crippen LogP contribution in [0, 0.1) is 0 Å². The maximum Gasteiger partial charge on any atom is 0.416 e. The molecule has 0 spiro atoms. The van der Waals surface area contributed by atoms with Crippen LogP contribution in [0.1, 0.15) is 23.0 Å². The summed E-state index contributed by atoms with van der Waals surface area (Å²) >= 11 is 0. The van der Waals surface area contributed by atoms with Crippen LogP contribution in [0.25, 0.3) is 0 Å². The average molecular weight is 283 g/mol. The largest absolute Gasteiger partial charge is 0.459 e. The minimum Gasteiger partial charge on any atom is -0.459 e. The molecular weight excluding hydrogens is 271 g/mol. The summed E-state index contributed by atoms with van der Waals surface area (Å²) in [4.78, 5) is 13.5. The number of benzene rings is 1. The van der Waals surface area contributed by atoms with Gasteiger partial charge in [-0.15, -0.1) is 0 Å². The molecule has 1 aromatic heterocycles. The Hall–Kier alpha value is -2.24. The van der Waals surface area contributed by atoms with Crippen LogP contribution in [0.4, 0.5) is 18.9 Å². The first-order chi connectivity index (χ1) is 9.43. The second kappa shape index (κ2) is 5.40. The van der Waals surface area contributed by atoms with Crippen LogP contribution in [0.5, 0.6) is 0 Å². The molecule has 106 valence electrons. The van der Waals surface area contributed by atoms with Crippen molar-refractivity contribution >= 4 is 11.6 Å². The number of rotatable bonds is 3. The van der Waals surface area contributed by atoms with E-state index in [1.54, 1.807) is 13.0 Å². The highest BCUT2D eigenvalue weighted by Gasteiger charge is 2.30. The van der Waals surface area contributed by atoms with Crippen molar-refractivity contribution in [2.75, 3.05) is 11.4 Å². The molecule has 1 amide bonds. The highest BCUT2D eigenvalue weighted by Crippen LogP contribution is 2.30. The van der Waals surface area contributed by atoms with Gasteiger partial charge in [0.25, 0.3) is 5.91 Å². The zero-order chi connectivity index (χ0) is 14.8. The molecule has 0 aliphatic heterocycles. The van der Waals surface area contributed by atoms with E-state index in [-0.39, 0.29) is 5.76 Å². The zero-order valence-corrected chi connectivity index (χ0v) is 10.6. The van der Waals surface area contributed by atoms with Crippen LogP contribution in [0.15, 0.2) is 47.1 Å². The molecule has 0 aliphatic rings. The fourth-order valence-electron chi connectivity index (χ4n) is 1.81. The zero-order valence-electron chi connectivity index (χ0n) is 10.6. The Kier molecular flexibility index (Phi) is 3.83. The van der Waals surface area contributed by atoms with Crippen LogP contribution < -0.4 is 4.90 Å². The van der Waals surface area contributed by atoms with E-state index in [2.05, 4.69) is 0 Å². The van der Waals surface area contributed by atoms with Gasteiger partial charge in [0, 0.05) is 12.2 Å². The highest BCUT2D eigenvalue weighted by molar-refractivity contribution is 6.04.